The van der Waals surface area contributed by atoms with Crippen LogP contribution in [0.25, 0.3) is 0 Å². The zero-order chi connectivity index (χ0) is 14.1. The summed E-state index contributed by atoms with van der Waals surface area (Å²) in [7, 11) is 0. The number of benzene rings is 2. The Hall–Kier alpha value is -1.87. The second-order valence-corrected chi connectivity index (χ2v) is 5.32. The van der Waals surface area contributed by atoms with Crippen LogP contribution in [0.3, 0.4) is 0 Å². The van der Waals surface area contributed by atoms with Crippen molar-refractivity contribution >= 4 is 5.69 Å². The number of anilines is 1. The first-order valence-corrected chi connectivity index (χ1v) is 6.94. The van der Waals surface area contributed by atoms with Gasteiger partial charge in [0.2, 0.25) is 0 Å². The first kappa shape index (κ1) is 13.1. The van der Waals surface area contributed by atoms with Crippen molar-refractivity contribution in [2.24, 2.45) is 0 Å². The van der Waals surface area contributed by atoms with Crippen molar-refractivity contribution in [1.29, 1.82) is 0 Å². The molecule has 1 aliphatic heterocycles. The summed E-state index contributed by atoms with van der Waals surface area (Å²) in [5.41, 5.74) is 4.27. The van der Waals surface area contributed by atoms with Crippen LogP contribution in [0, 0.1) is 5.82 Å². The Morgan fingerprint density at radius 3 is 2.65 bits per heavy atom. The minimum atomic E-state index is -0.669. The van der Waals surface area contributed by atoms with Crippen LogP contribution in [0.2, 0.25) is 0 Å². The van der Waals surface area contributed by atoms with E-state index in [0.717, 1.165) is 25.2 Å². The molecule has 0 bridgehead atoms. The van der Waals surface area contributed by atoms with E-state index in [2.05, 4.69) is 23.1 Å². The van der Waals surface area contributed by atoms with Gasteiger partial charge in [-0.05, 0) is 42.7 Å². The summed E-state index contributed by atoms with van der Waals surface area (Å²) in [4.78, 5) is 2.21. The van der Waals surface area contributed by atoms with Gasteiger partial charge in [-0.1, -0.05) is 24.3 Å². The van der Waals surface area contributed by atoms with E-state index < -0.39 is 6.10 Å². The average molecular weight is 271 g/mol. The van der Waals surface area contributed by atoms with Gasteiger partial charge in [0.25, 0.3) is 0 Å². The van der Waals surface area contributed by atoms with Crippen LogP contribution in [0.4, 0.5) is 10.1 Å². The van der Waals surface area contributed by atoms with Crippen molar-refractivity contribution < 1.29 is 9.50 Å². The summed E-state index contributed by atoms with van der Waals surface area (Å²) in [6, 6.07) is 13.1. The SMILES string of the molecule is CC(O)c1cc(F)ccc1N1CCc2ccccc2C1. The van der Waals surface area contributed by atoms with Crippen molar-refractivity contribution in [3.8, 4) is 0 Å². The first-order valence-electron chi connectivity index (χ1n) is 6.94. The summed E-state index contributed by atoms with van der Waals surface area (Å²) >= 11 is 0. The second kappa shape index (κ2) is 5.25. The number of aliphatic hydroxyl groups is 1. The molecule has 2 aromatic carbocycles. The van der Waals surface area contributed by atoms with E-state index in [1.807, 2.05) is 6.07 Å². The van der Waals surface area contributed by atoms with Gasteiger partial charge in [-0.25, -0.2) is 4.39 Å². The minimum absolute atomic E-state index is 0.304. The standard InChI is InChI=1S/C17H18FNO/c1-12(20)16-10-15(18)6-7-17(16)19-9-8-13-4-2-3-5-14(13)11-19/h2-7,10,12,20H,8-9,11H2,1H3. The fourth-order valence-corrected chi connectivity index (χ4v) is 2.85. The lowest BCUT2D eigenvalue weighted by Gasteiger charge is -2.32. The lowest BCUT2D eigenvalue weighted by Crippen LogP contribution is -2.31. The van der Waals surface area contributed by atoms with E-state index in [1.54, 1.807) is 13.0 Å². The molecule has 104 valence electrons. The largest absolute Gasteiger partial charge is 0.389 e. The van der Waals surface area contributed by atoms with Crippen LogP contribution in [-0.2, 0) is 13.0 Å². The van der Waals surface area contributed by atoms with Crippen LogP contribution in [0.1, 0.15) is 29.7 Å². The smallest absolute Gasteiger partial charge is 0.123 e. The highest BCUT2D eigenvalue weighted by molar-refractivity contribution is 5.56. The van der Waals surface area contributed by atoms with Crippen molar-refractivity contribution in [3.63, 3.8) is 0 Å². The summed E-state index contributed by atoms with van der Waals surface area (Å²) in [6.07, 6.45) is 0.310. The maximum absolute atomic E-state index is 13.4. The van der Waals surface area contributed by atoms with E-state index in [1.165, 1.54) is 23.3 Å². The van der Waals surface area contributed by atoms with Crippen LogP contribution in [0.5, 0.6) is 0 Å². The number of hydrogen-bond donors (Lipinski definition) is 1. The Bertz CT molecular complexity index is 624. The summed E-state index contributed by atoms with van der Waals surface area (Å²) in [6.45, 7) is 3.38. The normalized spacial score (nSPS) is 15.8. The fraction of sp³-hybridized carbons (Fsp3) is 0.294. The molecule has 0 saturated heterocycles. The molecule has 3 rings (SSSR count). The van der Waals surface area contributed by atoms with E-state index in [-0.39, 0.29) is 5.82 Å². The molecule has 0 fully saturated rings. The third-order valence-corrected chi connectivity index (χ3v) is 3.91. The molecule has 1 unspecified atom stereocenters. The molecule has 1 heterocycles. The van der Waals surface area contributed by atoms with Gasteiger partial charge in [0.05, 0.1) is 6.10 Å². The Labute approximate surface area is 118 Å². The molecule has 0 aliphatic carbocycles. The molecule has 1 aliphatic rings. The van der Waals surface area contributed by atoms with Crippen LogP contribution in [0.15, 0.2) is 42.5 Å². The van der Waals surface area contributed by atoms with Gasteiger partial charge in [0.15, 0.2) is 0 Å². The highest BCUT2D eigenvalue weighted by atomic mass is 19.1. The minimum Gasteiger partial charge on any atom is -0.389 e. The number of aliphatic hydroxyl groups excluding tert-OH is 1. The Kier molecular flexibility index (Phi) is 3.45. The number of rotatable bonds is 2. The van der Waals surface area contributed by atoms with E-state index in [9.17, 15) is 9.50 Å². The molecule has 2 aromatic rings. The van der Waals surface area contributed by atoms with E-state index in [0.29, 0.717) is 5.56 Å². The highest BCUT2D eigenvalue weighted by Crippen LogP contribution is 2.31. The predicted molar refractivity (Wildman–Crippen MR) is 78.2 cm³/mol. The van der Waals surface area contributed by atoms with Crippen LogP contribution < -0.4 is 4.90 Å². The van der Waals surface area contributed by atoms with Crippen molar-refractivity contribution in [2.75, 3.05) is 11.4 Å². The van der Waals surface area contributed by atoms with Gasteiger partial charge < -0.3 is 10.0 Å². The lowest BCUT2D eigenvalue weighted by atomic mass is 9.98. The zero-order valence-corrected chi connectivity index (χ0v) is 11.5. The molecule has 1 N–H and O–H groups in total. The molecule has 20 heavy (non-hydrogen) atoms. The molecule has 2 nitrogen and oxygen atoms in total. The van der Waals surface area contributed by atoms with Crippen molar-refractivity contribution in [2.45, 2.75) is 26.0 Å². The molecule has 0 saturated carbocycles. The third-order valence-electron chi connectivity index (χ3n) is 3.91. The number of fused-ring (bicyclic) bond motifs is 1. The van der Waals surface area contributed by atoms with E-state index in [4.69, 9.17) is 0 Å². The summed E-state index contributed by atoms with van der Waals surface area (Å²) < 4.78 is 13.4. The molecule has 1 atom stereocenters. The van der Waals surface area contributed by atoms with Gasteiger partial charge in [0, 0.05) is 24.3 Å². The Morgan fingerprint density at radius 1 is 1.15 bits per heavy atom. The third kappa shape index (κ3) is 2.41. The van der Waals surface area contributed by atoms with Crippen molar-refractivity contribution in [3.05, 3.63) is 65.0 Å². The first-order chi connectivity index (χ1) is 9.65. The van der Waals surface area contributed by atoms with E-state index >= 15 is 0 Å². The average Bonchev–Trinajstić information content (AvgIpc) is 2.46. The van der Waals surface area contributed by atoms with Crippen LogP contribution >= 0.6 is 0 Å². The monoisotopic (exact) mass is 271 g/mol. The topological polar surface area (TPSA) is 23.5 Å². The Morgan fingerprint density at radius 2 is 1.90 bits per heavy atom. The van der Waals surface area contributed by atoms with Gasteiger partial charge in [-0.2, -0.15) is 0 Å². The Balaban J connectivity index is 1.95. The number of hydrogen-bond acceptors (Lipinski definition) is 2. The van der Waals surface area contributed by atoms with Crippen molar-refractivity contribution in [1.82, 2.24) is 0 Å². The zero-order valence-electron chi connectivity index (χ0n) is 11.5. The second-order valence-electron chi connectivity index (χ2n) is 5.32. The van der Waals surface area contributed by atoms with Gasteiger partial charge in [-0.15, -0.1) is 0 Å². The summed E-state index contributed by atoms with van der Waals surface area (Å²) in [5, 5.41) is 9.86. The fourth-order valence-electron chi connectivity index (χ4n) is 2.85. The number of nitrogens with zero attached hydrogens (tertiary/aromatic N) is 1. The molecule has 0 aromatic heterocycles. The van der Waals surface area contributed by atoms with Crippen LogP contribution in [-0.4, -0.2) is 11.7 Å². The van der Waals surface area contributed by atoms with Gasteiger partial charge >= 0.3 is 0 Å². The number of halogens is 1. The molecule has 0 amide bonds. The molecular formula is C17H18FNO. The van der Waals surface area contributed by atoms with Gasteiger partial charge in [-0.3, -0.25) is 0 Å². The van der Waals surface area contributed by atoms with Gasteiger partial charge in [0.1, 0.15) is 5.82 Å². The molecule has 0 spiro atoms. The predicted octanol–water partition coefficient (Wildman–Crippen LogP) is 3.44. The molecule has 3 heteroatoms. The summed E-state index contributed by atoms with van der Waals surface area (Å²) in [5.74, 6) is -0.304. The quantitative estimate of drug-likeness (QED) is 0.904. The lowest BCUT2D eigenvalue weighted by molar-refractivity contribution is 0.199. The molecule has 0 radical (unpaired) electrons. The maximum Gasteiger partial charge on any atom is 0.123 e. The highest BCUT2D eigenvalue weighted by Gasteiger charge is 2.20. The maximum atomic E-state index is 13.4. The molecular weight excluding hydrogens is 253 g/mol.